The summed E-state index contributed by atoms with van der Waals surface area (Å²) in [6.07, 6.45) is 1.55. The summed E-state index contributed by atoms with van der Waals surface area (Å²) in [5.41, 5.74) is 2.33. The monoisotopic (exact) mass is 313 g/mol. The lowest BCUT2D eigenvalue weighted by Crippen LogP contribution is -2.21. The van der Waals surface area contributed by atoms with Crippen molar-refractivity contribution in [1.82, 2.24) is 0 Å². The largest absolute Gasteiger partial charge is 0.493 e. The fraction of sp³-hybridized carbons (Fsp3) is 0.222. The first-order valence-corrected chi connectivity index (χ1v) is 7.31. The minimum absolute atomic E-state index is 0.144. The SMILES string of the molecule is CCc1ccccc1NC(=O)COc1ccc(C=O)cc1OC. The van der Waals surface area contributed by atoms with Crippen LogP contribution in [0.15, 0.2) is 42.5 Å². The molecular weight excluding hydrogens is 294 g/mol. The number of methoxy groups -OCH3 is 1. The van der Waals surface area contributed by atoms with Crippen molar-refractivity contribution in [3.63, 3.8) is 0 Å². The molecule has 0 heterocycles. The minimum atomic E-state index is -0.257. The van der Waals surface area contributed by atoms with E-state index in [2.05, 4.69) is 5.32 Å². The van der Waals surface area contributed by atoms with Gasteiger partial charge < -0.3 is 14.8 Å². The third kappa shape index (κ3) is 4.32. The number of aryl methyl sites for hydroxylation is 1. The van der Waals surface area contributed by atoms with Gasteiger partial charge in [0.15, 0.2) is 18.1 Å². The lowest BCUT2D eigenvalue weighted by atomic mass is 10.1. The van der Waals surface area contributed by atoms with Crippen LogP contribution in [0.1, 0.15) is 22.8 Å². The smallest absolute Gasteiger partial charge is 0.262 e. The Morgan fingerprint density at radius 3 is 2.65 bits per heavy atom. The molecule has 2 rings (SSSR count). The normalized spacial score (nSPS) is 10.0. The number of hydrogen-bond donors (Lipinski definition) is 1. The average molecular weight is 313 g/mol. The molecule has 0 unspecified atom stereocenters. The molecule has 120 valence electrons. The van der Waals surface area contributed by atoms with Crippen molar-refractivity contribution in [3.05, 3.63) is 53.6 Å². The number of anilines is 1. The van der Waals surface area contributed by atoms with Gasteiger partial charge in [0, 0.05) is 11.3 Å². The van der Waals surface area contributed by atoms with E-state index in [1.807, 2.05) is 31.2 Å². The van der Waals surface area contributed by atoms with Gasteiger partial charge in [0.05, 0.1) is 7.11 Å². The standard InChI is InChI=1S/C18H19NO4/c1-3-14-6-4-5-7-15(14)19-18(21)12-23-16-9-8-13(11-20)10-17(16)22-2/h4-11H,3,12H2,1-2H3,(H,19,21). The van der Waals surface area contributed by atoms with E-state index in [-0.39, 0.29) is 12.5 Å². The van der Waals surface area contributed by atoms with Crippen molar-refractivity contribution in [3.8, 4) is 11.5 Å². The summed E-state index contributed by atoms with van der Waals surface area (Å²) in [6.45, 7) is 1.88. The van der Waals surface area contributed by atoms with Crippen molar-refractivity contribution >= 4 is 17.9 Å². The average Bonchev–Trinajstić information content (AvgIpc) is 2.60. The van der Waals surface area contributed by atoms with Gasteiger partial charge in [-0.05, 0) is 36.2 Å². The molecule has 5 heteroatoms. The van der Waals surface area contributed by atoms with Crippen LogP contribution in [0.4, 0.5) is 5.69 Å². The zero-order chi connectivity index (χ0) is 16.7. The van der Waals surface area contributed by atoms with E-state index in [1.165, 1.54) is 7.11 Å². The van der Waals surface area contributed by atoms with E-state index in [1.54, 1.807) is 18.2 Å². The van der Waals surface area contributed by atoms with E-state index < -0.39 is 0 Å². The number of para-hydroxylation sites is 1. The maximum absolute atomic E-state index is 12.0. The van der Waals surface area contributed by atoms with E-state index in [9.17, 15) is 9.59 Å². The highest BCUT2D eigenvalue weighted by atomic mass is 16.5. The number of amides is 1. The van der Waals surface area contributed by atoms with Gasteiger partial charge in [-0.1, -0.05) is 25.1 Å². The van der Waals surface area contributed by atoms with Crippen LogP contribution in [-0.2, 0) is 11.2 Å². The van der Waals surface area contributed by atoms with Gasteiger partial charge in [-0.3, -0.25) is 9.59 Å². The summed E-state index contributed by atoms with van der Waals surface area (Å²) in [6, 6.07) is 12.4. The summed E-state index contributed by atoms with van der Waals surface area (Å²) in [5, 5.41) is 2.83. The molecule has 2 aromatic carbocycles. The van der Waals surface area contributed by atoms with Gasteiger partial charge in [-0.2, -0.15) is 0 Å². The lowest BCUT2D eigenvalue weighted by molar-refractivity contribution is -0.118. The minimum Gasteiger partial charge on any atom is -0.493 e. The molecule has 1 amide bonds. The molecule has 0 atom stereocenters. The van der Waals surface area contributed by atoms with Gasteiger partial charge in [-0.25, -0.2) is 0 Å². The Bertz CT molecular complexity index is 697. The Kier molecular flexibility index (Phi) is 5.74. The summed E-state index contributed by atoms with van der Waals surface area (Å²) in [5.74, 6) is 0.570. The van der Waals surface area contributed by atoms with Gasteiger partial charge in [0.1, 0.15) is 6.29 Å². The molecule has 0 saturated carbocycles. The predicted molar refractivity (Wildman–Crippen MR) is 88.3 cm³/mol. The molecule has 0 aliphatic rings. The number of hydrogen-bond acceptors (Lipinski definition) is 4. The first kappa shape index (κ1) is 16.5. The fourth-order valence-electron chi connectivity index (χ4n) is 2.16. The first-order chi connectivity index (χ1) is 11.2. The van der Waals surface area contributed by atoms with E-state index in [4.69, 9.17) is 9.47 Å². The Morgan fingerprint density at radius 1 is 1.17 bits per heavy atom. The molecular formula is C18H19NO4. The second-order valence-corrected chi connectivity index (χ2v) is 4.88. The highest BCUT2D eigenvalue weighted by molar-refractivity contribution is 5.92. The third-order valence-electron chi connectivity index (χ3n) is 3.35. The second-order valence-electron chi connectivity index (χ2n) is 4.88. The number of aldehydes is 1. The Hall–Kier alpha value is -2.82. The quantitative estimate of drug-likeness (QED) is 0.798. The molecule has 5 nitrogen and oxygen atoms in total. The Morgan fingerprint density at radius 2 is 1.96 bits per heavy atom. The van der Waals surface area contributed by atoms with Crippen LogP contribution in [0.25, 0.3) is 0 Å². The summed E-state index contributed by atoms with van der Waals surface area (Å²) < 4.78 is 10.6. The maximum atomic E-state index is 12.0. The molecule has 2 aromatic rings. The molecule has 0 radical (unpaired) electrons. The summed E-state index contributed by atoms with van der Waals surface area (Å²) in [7, 11) is 1.48. The van der Waals surface area contributed by atoms with Crippen LogP contribution in [0, 0.1) is 0 Å². The van der Waals surface area contributed by atoms with Gasteiger partial charge in [-0.15, -0.1) is 0 Å². The van der Waals surface area contributed by atoms with Crippen molar-refractivity contribution in [2.24, 2.45) is 0 Å². The van der Waals surface area contributed by atoms with Crippen LogP contribution in [0.3, 0.4) is 0 Å². The van der Waals surface area contributed by atoms with Crippen molar-refractivity contribution in [2.75, 3.05) is 19.0 Å². The van der Waals surface area contributed by atoms with Gasteiger partial charge >= 0.3 is 0 Å². The molecule has 23 heavy (non-hydrogen) atoms. The van der Waals surface area contributed by atoms with Crippen molar-refractivity contribution in [1.29, 1.82) is 0 Å². The molecule has 1 N–H and O–H groups in total. The highest BCUT2D eigenvalue weighted by Crippen LogP contribution is 2.27. The van der Waals surface area contributed by atoms with Crippen LogP contribution in [0.5, 0.6) is 11.5 Å². The number of nitrogens with one attached hydrogen (secondary N) is 1. The molecule has 0 aliphatic carbocycles. The lowest BCUT2D eigenvalue weighted by Gasteiger charge is -2.12. The number of rotatable bonds is 7. The van der Waals surface area contributed by atoms with E-state index >= 15 is 0 Å². The molecule has 0 spiro atoms. The zero-order valence-corrected chi connectivity index (χ0v) is 13.2. The molecule has 0 aliphatic heterocycles. The topological polar surface area (TPSA) is 64.6 Å². The number of carbonyl (C=O) groups is 2. The Balaban J connectivity index is 2.00. The first-order valence-electron chi connectivity index (χ1n) is 7.31. The van der Waals surface area contributed by atoms with Crippen molar-refractivity contribution < 1.29 is 19.1 Å². The molecule has 0 saturated heterocycles. The number of carbonyl (C=O) groups excluding carboxylic acids is 2. The van der Waals surface area contributed by atoms with Crippen LogP contribution in [0.2, 0.25) is 0 Å². The van der Waals surface area contributed by atoms with Crippen LogP contribution < -0.4 is 14.8 Å². The van der Waals surface area contributed by atoms with Crippen LogP contribution in [-0.4, -0.2) is 25.9 Å². The summed E-state index contributed by atoms with van der Waals surface area (Å²) in [4.78, 5) is 22.8. The highest BCUT2D eigenvalue weighted by Gasteiger charge is 2.10. The fourth-order valence-corrected chi connectivity index (χ4v) is 2.16. The summed E-state index contributed by atoms with van der Waals surface area (Å²) >= 11 is 0. The van der Waals surface area contributed by atoms with Gasteiger partial charge in [0.2, 0.25) is 0 Å². The van der Waals surface area contributed by atoms with E-state index in [0.717, 1.165) is 24.0 Å². The maximum Gasteiger partial charge on any atom is 0.262 e. The molecule has 0 bridgehead atoms. The van der Waals surface area contributed by atoms with E-state index in [0.29, 0.717) is 17.1 Å². The molecule has 0 fully saturated rings. The zero-order valence-electron chi connectivity index (χ0n) is 13.2. The van der Waals surface area contributed by atoms with Gasteiger partial charge in [0.25, 0.3) is 5.91 Å². The van der Waals surface area contributed by atoms with Crippen LogP contribution >= 0.6 is 0 Å². The molecule has 0 aromatic heterocycles. The number of ether oxygens (including phenoxy) is 2. The Labute approximate surface area is 135 Å². The number of benzene rings is 2. The second kappa shape index (κ2) is 7.98. The van der Waals surface area contributed by atoms with Crippen molar-refractivity contribution in [2.45, 2.75) is 13.3 Å². The third-order valence-corrected chi connectivity index (χ3v) is 3.35. The predicted octanol–water partition coefficient (Wildman–Crippen LogP) is 3.09.